The van der Waals surface area contributed by atoms with Gasteiger partial charge < -0.3 is 15.2 Å². The summed E-state index contributed by atoms with van der Waals surface area (Å²) in [5, 5.41) is 11.2. The summed E-state index contributed by atoms with van der Waals surface area (Å²) in [4.78, 5) is 22.2. The zero-order valence-corrected chi connectivity index (χ0v) is 11.4. The molecule has 98 valence electrons. The molecule has 5 nitrogen and oxygen atoms in total. The molecular weight excluding hydrogens is 302 g/mol. The normalized spacial score (nSPS) is 11.7. The number of nitrogens with one attached hydrogen (secondary N) is 1. The molecule has 18 heavy (non-hydrogen) atoms. The van der Waals surface area contributed by atoms with E-state index in [1.165, 1.54) is 0 Å². The lowest BCUT2D eigenvalue weighted by molar-refractivity contribution is -0.142. The number of amides is 1. The lowest BCUT2D eigenvalue weighted by atomic mass is 10.2. The standard InChI is InChI=1S/C12H14BrNO4/c1-2-10(12(16)17)14-11(15)7-18-9-5-3-4-8(13)6-9/h3-6,10H,2,7H2,1H3,(H,14,15)(H,16,17)/t10-/m0/s1. The smallest absolute Gasteiger partial charge is 0.326 e. The van der Waals surface area contributed by atoms with Crippen LogP contribution in [0.1, 0.15) is 13.3 Å². The van der Waals surface area contributed by atoms with Gasteiger partial charge in [-0.25, -0.2) is 4.79 Å². The molecule has 1 aromatic carbocycles. The average Bonchev–Trinajstić information content (AvgIpc) is 2.33. The van der Waals surface area contributed by atoms with Gasteiger partial charge in [-0.2, -0.15) is 0 Å². The van der Waals surface area contributed by atoms with Crippen LogP contribution in [0.15, 0.2) is 28.7 Å². The maximum absolute atomic E-state index is 11.5. The van der Waals surface area contributed by atoms with Crippen molar-refractivity contribution in [3.8, 4) is 5.75 Å². The predicted molar refractivity (Wildman–Crippen MR) is 69.5 cm³/mol. The van der Waals surface area contributed by atoms with Gasteiger partial charge in [0.15, 0.2) is 6.61 Å². The Kier molecular flexibility index (Phi) is 5.64. The van der Waals surface area contributed by atoms with E-state index in [0.717, 1.165) is 4.47 Å². The number of rotatable bonds is 6. The van der Waals surface area contributed by atoms with Crippen LogP contribution in [0.25, 0.3) is 0 Å². The van der Waals surface area contributed by atoms with E-state index >= 15 is 0 Å². The van der Waals surface area contributed by atoms with Gasteiger partial charge in [0.25, 0.3) is 5.91 Å². The highest BCUT2D eigenvalue weighted by molar-refractivity contribution is 9.10. The molecule has 1 atom stereocenters. The van der Waals surface area contributed by atoms with E-state index in [-0.39, 0.29) is 6.61 Å². The molecule has 0 aliphatic rings. The quantitative estimate of drug-likeness (QED) is 0.839. The molecule has 0 heterocycles. The Bertz CT molecular complexity index is 436. The Balaban J connectivity index is 2.44. The van der Waals surface area contributed by atoms with Crippen LogP contribution in [-0.2, 0) is 9.59 Å². The fraction of sp³-hybridized carbons (Fsp3) is 0.333. The third-order valence-corrected chi connectivity index (χ3v) is 2.70. The largest absolute Gasteiger partial charge is 0.484 e. The first-order valence-electron chi connectivity index (χ1n) is 5.43. The monoisotopic (exact) mass is 315 g/mol. The summed E-state index contributed by atoms with van der Waals surface area (Å²) in [6.45, 7) is 1.48. The molecule has 0 saturated carbocycles. The SMILES string of the molecule is CC[C@H](NC(=O)COc1cccc(Br)c1)C(=O)O. The van der Waals surface area contributed by atoms with Crippen molar-refractivity contribution in [2.24, 2.45) is 0 Å². The van der Waals surface area contributed by atoms with Crippen LogP contribution in [0, 0.1) is 0 Å². The van der Waals surface area contributed by atoms with Crippen molar-refractivity contribution in [3.63, 3.8) is 0 Å². The van der Waals surface area contributed by atoms with Gasteiger partial charge in [-0.15, -0.1) is 0 Å². The number of aliphatic carboxylic acids is 1. The first-order valence-corrected chi connectivity index (χ1v) is 6.22. The molecule has 1 aromatic rings. The van der Waals surface area contributed by atoms with Gasteiger partial charge in [0.05, 0.1) is 0 Å². The molecule has 0 unspecified atom stereocenters. The third kappa shape index (κ3) is 4.75. The van der Waals surface area contributed by atoms with Gasteiger partial charge in [0, 0.05) is 4.47 Å². The molecule has 1 rings (SSSR count). The van der Waals surface area contributed by atoms with Gasteiger partial charge in [-0.3, -0.25) is 4.79 Å². The zero-order valence-electron chi connectivity index (χ0n) is 9.85. The van der Waals surface area contributed by atoms with E-state index in [4.69, 9.17) is 9.84 Å². The second kappa shape index (κ2) is 7.00. The Morgan fingerprint density at radius 1 is 1.50 bits per heavy atom. The Hall–Kier alpha value is -1.56. The van der Waals surface area contributed by atoms with Crippen molar-refractivity contribution in [1.29, 1.82) is 0 Å². The lowest BCUT2D eigenvalue weighted by Crippen LogP contribution is -2.42. The number of carboxylic acids is 1. The number of ether oxygens (including phenoxy) is 1. The molecule has 6 heteroatoms. The maximum atomic E-state index is 11.5. The Morgan fingerprint density at radius 3 is 2.78 bits per heavy atom. The number of carboxylic acid groups (broad SMARTS) is 1. The van der Waals surface area contributed by atoms with Crippen molar-refractivity contribution in [2.75, 3.05) is 6.61 Å². The van der Waals surface area contributed by atoms with Crippen LogP contribution in [-0.4, -0.2) is 29.6 Å². The lowest BCUT2D eigenvalue weighted by Gasteiger charge is -2.12. The fourth-order valence-electron chi connectivity index (χ4n) is 1.28. The van der Waals surface area contributed by atoms with Crippen LogP contribution in [0.3, 0.4) is 0 Å². The molecule has 2 N–H and O–H groups in total. The van der Waals surface area contributed by atoms with E-state index in [1.807, 2.05) is 6.07 Å². The number of halogens is 1. The Labute approximate surface area is 113 Å². The number of hydrogen-bond acceptors (Lipinski definition) is 3. The van der Waals surface area contributed by atoms with Gasteiger partial charge >= 0.3 is 5.97 Å². The second-order valence-electron chi connectivity index (χ2n) is 3.61. The summed E-state index contributed by atoms with van der Waals surface area (Å²) in [6.07, 6.45) is 0.331. The second-order valence-corrected chi connectivity index (χ2v) is 4.53. The molecule has 0 aromatic heterocycles. The first kappa shape index (κ1) is 14.5. The molecule has 0 fully saturated rings. The van der Waals surface area contributed by atoms with Gasteiger partial charge in [-0.1, -0.05) is 28.9 Å². The van der Waals surface area contributed by atoms with Crippen molar-refractivity contribution < 1.29 is 19.4 Å². The minimum atomic E-state index is -1.05. The highest BCUT2D eigenvalue weighted by atomic mass is 79.9. The maximum Gasteiger partial charge on any atom is 0.326 e. The van der Waals surface area contributed by atoms with Crippen molar-refractivity contribution in [2.45, 2.75) is 19.4 Å². The predicted octanol–water partition coefficient (Wildman–Crippen LogP) is 1.81. The number of carbonyl (C=O) groups excluding carboxylic acids is 1. The summed E-state index contributed by atoms with van der Waals surface area (Å²) < 4.78 is 6.08. The third-order valence-electron chi connectivity index (χ3n) is 2.21. The summed E-state index contributed by atoms with van der Waals surface area (Å²) >= 11 is 3.28. The topological polar surface area (TPSA) is 75.6 Å². The number of carbonyl (C=O) groups is 2. The van der Waals surface area contributed by atoms with Crippen LogP contribution in [0.5, 0.6) is 5.75 Å². The molecular formula is C12H14BrNO4. The van der Waals surface area contributed by atoms with E-state index in [9.17, 15) is 9.59 Å². The molecule has 0 bridgehead atoms. The van der Waals surface area contributed by atoms with Gasteiger partial charge in [0.2, 0.25) is 0 Å². The van der Waals surface area contributed by atoms with E-state index in [0.29, 0.717) is 12.2 Å². The van der Waals surface area contributed by atoms with Crippen LogP contribution in [0.4, 0.5) is 0 Å². The summed E-state index contributed by atoms with van der Waals surface area (Å²) in [7, 11) is 0. The van der Waals surface area contributed by atoms with Crippen LogP contribution < -0.4 is 10.1 Å². The molecule has 0 aliphatic carbocycles. The van der Waals surface area contributed by atoms with E-state index in [1.54, 1.807) is 25.1 Å². The molecule has 0 saturated heterocycles. The van der Waals surface area contributed by atoms with Crippen LogP contribution in [0.2, 0.25) is 0 Å². The van der Waals surface area contributed by atoms with Crippen LogP contribution >= 0.6 is 15.9 Å². The van der Waals surface area contributed by atoms with Crippen molar-refractivity contribution >= 4 is 27.8 Å². The van der Waals surface area contributed by atoms with Crippen molar-refractivity contribution in [3.05, 3.63) is 28.7 Å². The average molecular weight is 316 g/mol. The van der Waals surface area contributed by atoms with Gasteiger partial charge in [0.1, 0.15) is 11.8 Å². The molecule has 0 aliphatic heterocycles. The van der Waals surface area contributed by atoms with Crippen molar-refractivity contribution in [1.82, 2.24) is 5.32 Å². The van der Waals surface area contributed by atoms with E-state index in [2.05, 4.69) is 21.2 Å². The molecule has 1 amide bonds. The van der Waals surface area contributed by atoms with Gasteiger partial charge in [-0.05, 0) is 24.6 Å². The summed E-state index contributed by atoms with van der Waals surface area (Å²) in [5.41, 5.74) is 0. The number of hydrogen-bond donors (Lipinski definition) is 2. The molecule has 0 spiro atoms. The zero-order chi connectivity index (χ0) is 13.5. The highest BCUT2D eigenvalue weighted by Crippen LogP contribution is 2.17. The minimum absolute atomic E-state index is 0.208. The van der Waals surface area contributed by atoms with E-state index < -0.39 is 17.9 Å². The summed E-state index contributed by atoms with van der Waals surface area (Å²) in [6, 6.07) is 6.19. The molecule has 0 radical (unpaired) electrons. The number of benzene rings is 1. The fourth-order valence-corrected chi connectivity index (χ4v) is 1.66. The first-order chi connectivity index (χ1) is 8.52. The highest BCUT2D eigenvalue weighted by Gasteiger charge is 2.17. The minimum Gasteiger partial charge on any atom is -0.484 e. The summed E-state index contributed by atoms with van der Waals surface area (Å²) in [5.74, 6) is -0.958. The Morgan fingerprint density at radius 2 is 2.22 bits per heavy atom.